The van der Waals surface area contributed by atoms with Gasteiger partial charge in [0.1, 0.15) is 11.3 Å². The second-order valence-electron chi connectivity index (χ2n) is 6.84. The van der Waals surface area contributed by atoms with E-state index < -0.39 is 11.9 Å². The van der Waals surface area contributed by atoms with Crippen LogP contribution in [0.1, 0.15) is 24.0 Å². The average molecular weight is 389 g/mol. The molecule has 6 nitrogen and oxygen atoms in total. The summed E-state index contributed by atoms with van der Waals surface area (Å²) in [5, 5.41) is 2.03. The smallest absolute Gasteiger partial charge is 0.340 e. The van der Waals surface area contributed by atoms with Crippen LogP contribution in [0.25, 0.3) is 10.8 Å². The zero-order chi connectivity index (χ0) is 20.0. The molecule has 146 valence electrons. The summed E-state index contributed by atoms with van der Waals surface area (Å²) < 4.78 is 22.2. The molecule has 29 heavy (non-hydrogen) atoms. The van der Waals surface area contributed by atoms with Crippen molar-refractivity contribution in [2.45, 2.75) is 12.8 Å². The van der Waals surface area contributed by atoms with Gasteiger partial charge in [-0.1, -0.05) is 36.4 Å². The number of benzene rings is 3. The summed E-state index contributed by atoms with van der Waals surface area (Å²) in [4.78, 5) is 12.9. The SMILES string of the molecule is CCOC(=O)C1=C(N)Oc2ccc3ccccc3c2[C@H]1c1ccc2c(c1)OCO2. The highest BCUT2D eigenvalue weighted by Crippen LogP contribution is 2.47. The Morgan fingerprint density at radius 1 is 1.07 bits per heavy atom. The number of hydrogen-bond acceptors (Lipinski definition) is 6. The highest BCUT2D eigenvalue weighted by molar-refractivity contribution is 5.97. The molecular formula is C23H19NO5. The van der Waals surface area contributed by atoms with Gasteiger partial charge in [-0.2, -0.15) is 0 Å². The van der Waals surface area contributed by atoms with Gasteiger partial charge >= 0.3 is 5.97 Å². The molecule has 3 aromatic carbocycles. The molecule has 0 spiro atoms. The predicted octanol–water partition coefficient (Wildman–Crippen LogP) is 3.83. The lowest BCUT2D eigenvalue weighted by atomic mass is 9.80. The van der Waals surface area contributed by atoms with E-state index in [9.17, 15) is 4.79 Å². The molecule has 0 fully saturated rings. The molecule has 0 unspecified atom stereocenters. The van der Waals surface area contributed by atoms with Crippen molar-refractivity contribution in [2.24, 2.45) is 5.73 Å². The van der Waals surface area contributed by atoms with Crippen molar-refractivity contribution < 1.29 is 23.7 Å². The molecule has 2 aliphatic rings. The van der Waals surface area contributed by atoms with E-state index in [-0.39, 0.29) is 24.9 Å². The molecule has 0 bridgehead atoms. The van der Waals surface area contributed by atoms with E-state index in [1.807, 2.05) is 54.6 Å². The highest BCUT2D eigenvalue weighted by Gasteiger charge is 2.37. The minimum absolute atomic E-state index is 0.0499. The van der Waals surface area contributed by atoms with Crippen LogP contribution in [0, 0.1) is 0 Å². The number of esters is 1. The summed E-state index contributed by atoms with van der Waals surface area (Å²) >= 11 is 0. The van der Waals surface area contributed by atoms with Crippen LogP contribution in [0.4, 0.5) is 0 Å². The van der Waals surface area contributed by atoms with Crippen LogP contribution in [-0.4, -0.2) is 19.4 Å². The van der Waals surface area contributed by atoms with Crippen molar-refractivity contribution in [1.82, 2.24) is 0 Å². The molecule has 0 aliphatic carbocycles. The maximum Gasteiger partial charge on any atom is 0.340 e. The van der Waals surface area contributed by atoms with Crippen LogP contribution in [0.5, 0.6) is 17.2 Å². The van der Waals surface area contributed by atoms with Gasteiger partial charge in [0.15, 0.2) is 11.5 Å². The van der Waals surface area contributed by atoms with E-state index in [4.69, 9.17) is 24.7 Å². The normalized spacial score (nSPS) is 17.1. The van der Waals surface area contributed by atoms with Gasteiger partial charge < -0.3 is 24.7 Å². The number of fused-ring (bicyclic) bond motifs is 4. The minimum Gasteiger partial charge on any atom is -0.462 e. The summed E-state index contributed by atoms with van der Waals surface area (Å²) in [5.74, 6) is 1.03. The van der Waals surface area contributed by atoms with Crippen LogP contribution < -0.4 is 19.9 Å². The van der Waals surface area contributed by atoms with Gasteiger partial charge in [-0.25, -0.2) is 4.79 Å². The van der Waals surface area contributed by atoms with Gasteiger partial charge in [0.05, 0.1) is 12.5 Å². The minimum atomic E-state index is -0.494. The maximum atomic E-state index is 12.9. The Labute approximate surface area is 167 Å². The lowest BCUT2D eigenvalue weighted by Gasteiger charge is -2.29. The third-order valence-electron chi connectivity index (χ3n) is 5.22. The molecule has 6 heteroatoms. The molecule has 0 saturated carbocycles. The van der Waals surface area contributed by atoms with Crippen molar-refractivity contribution in [3.05, 3.63) is 77.2 Å². The number of nitrogens with two attached hydrogens (primary N) is 1. The average Bonchev–Trinajstić information content (AvgIpc) is 3.20. The Morgan fingerprint density at radius 3 is 2.72 bits per heavy atom. The lowest BCUT2D eigenvalue weighted by Crippen LogP contribution is -2.27. The molecule has 0 radical (unpaired) electrons. The van der Waals surface area contributed by atoms with E-state index in [2.05, 4.69) is 0 Å². The zero-order valence-electron chi connectivity index (χ0n) is 15.8. The summed E-state index contributed by atoms with van der Waals surface area (Å²) in [5.41, 5.74) is 8.22. The molecule has 5 rings (SSSR count). The first-order valence-electron chi connectivity index (χ1n) is 9.43. The fourth-order valence-corrected chi connectivity index (χ4v) is 3.98. The molecule has 1 atom stereocenters. The number of carbonyl (C=O) groups is 1. The fraction of sp³-hybridized carbons (Fsp3) is 0.174. The van der Waals surface area contributed by atoms with Gasteiger partial charge in [0, 0.05) is 5.56 Å². The second kappa shape index (κ2) is 6.74. The standard InChI is InChI=1S/C23H19NO5/c1-2-26-23(25)21-19(14-8-9-16-18(11-14)28-12-27-16)20-15-6-4-3-5-13(15)7-10-17(20)29-22(21)24/h3-11,19H,2,12,24H2,1H3/t19-/m1/s1. The van der Waals surface area contributed by atoms with Gasteiger partial charge in [0.25, 0.3) is 0 Å². The number of carbonyl (C=O) groups excluding carboxylic acids is 1. The molecular weight excluding hydrogens is 370 g/mol. The summed E-state index contributed by atoms with van der Waals surface area (Å²) in [6, 6.07) is 17.5. The Balaban J connectivity index is 1.78. The third kappa shape index (κ3) is 2.76. The Hall–Kier alpha value is -3.67. The number of hydrogen-bond donors (Lipinski definition) is 1. The number of rotatable bonds is 3. The van der Waals surface area contributed by atoms with Crippen molar-refractivity contribution >= 4 is 16.7 Å². The number of ether oxygens (including phenoxy) is 4. The van der Waals surface area contributed by atoms with E-state index in [1.54, 1.807) is 6.92 Å². The Kier molecular flexibility index (Phi) is 4.05. The van der Waals surface area contributed by atoms with Crippen molar-refractivity contribution in [2.75, 3.05) is 13.4 Å². The van der Waals surface area contributed by atoms with E-state index in [1.165, 1.54) is 0 Å². The van der Waals surface area contributed by atoms with Crippen LogP contribution in [0.15, 0.2) is 66.1 Å². The van der Waals surface area contributed by atoms with Gasteiger partial charge in [-0.3, -0.25) is 0 Å². The summed E-state index contributed by atoms with van der Waals surface area (Å²) in [6.45, 7) is 2.18. The van der Waals surface area contributed by atoms with Crippen molar-refractivity contribution in [3.8, 4) is 17.2 Å². The first kappa shape index (κ1) is 17.4. The van der Waals surface area contributed by atoms with Crippen molar-refractivity contribution in [3.63, 3.8) is 0 Å². The van der Waals surface area contributed by atoms with Crippen LogP contribution in [0.3, 0.4) is 0 Å². The van der Waals surface area contributed by atoms with E-state index in [0.717, 1.165) is 21.9 Å². The third-order valence-corrected chi connectivity index (χ3v) is 5.22. The van der Waals surface area contributed by atoms with Crippen LogP contribution in [-0.2, 0) is 9.53 Å². The largest absolute Gasteiger partial charge is 0.462 e. The summed E-state index contributed by atoms with van der Waals surface area (Å²) in [7, 11) is 0. The summed E-state index contributed by atoms with van der Waals surface area (Å²) in [6.07, 6.45) is 0. The topological polar surface area (TPSA) is 80.0 Å². The van der Waals surface area contributed by atoms with Crippen molar-refractivity contribution in [1.29, 1.82) is 0 Å². The van der Waals surface area contributed by atoms with Gasteiger partial charge in [-0.15, -0.1) is 0 Å². The first-order valence-corrected chi connectivity index (χ1v) is 9.43. The molecule has 0 aromatic heterocycles. The van der Waals surface area contributed by atoms with Crippen LogP contribution >= 0.6 is 0 Å². The molecule has 2 heterocycles. The maximum absolute atomic E-state index is 12.9. The van der Waals surface area contributed by atoms with Gasteiger partial charge in [0.2, 0.25) is 12.7 Å². The molecule has 2 aliphatic heterocycles. The Morgan fingerprint density at radius 2 is 1.86 bits per heavy atom. The molecule has 0 saturated heterocycles. The zero-order valence-corrected chi connectivity index (χ0v) is 15.8. The fourth-order valence-electron chi connectivity index (χ4n) is 3.98. The lowest BCUT2D eigenvalue weighted by molar-refractivity contribution is -0.139. The van der Waals surface area contributed by atoms with Gasteiger partial charge in [-0.05, 0) is 41.5 Å². The molecule has 3 aromatic rings. The second-order valence-corrected chi connectivity index (χ2v) is 6.84. The Bertz CT molecular complexity index is 1170. The first-order chi connectivity index (χ1) is 14.2. The van der Waals surface area contributed by atoms with E-state index >= 15 is 0 Å². The predicted molar refractivity (Wildman–Crippen MR) is 107 cm³/mol. The van der Waals surface area contributed by atoms with E-state index in [0.29, 0.717) is 17.2 Å². The molecule has 2 N–H and O–H groups in total. The quantitative estimate of drug-likeness (QED) is 0.686. The highest BCUT2D eigenvalue weighted by atomic mass is 16.7. The monoisotopic (exact) mass is 389 g/mol. The molecule has 0 amide bonds. The van der Waals surface area contributed by atoms with Crippen LogP contribution in [0.2, 0.25) is 0 Å².